The van der Waals surface area contributed by atoms with E-state index in [0.717, 1.165) is 0 Å². The molecule has 150 valence electrons. The van der Waals surface area contributed by atoms with Crippen molar-refractivity contribution in [3.63, 3.8) is 0 Å². The highest BCUT2D eigenvalue weighted by Crippen LogP contribution is 2.27. The number of methoxy groups -OCH3 is 1. The number of piperidine rings is 2. The van der Waals surface area contributed by atoms with Crippen molar-refractivity contribution in [2.75, 3.05) is 39.9 Å². The molecule has 0 aromatic heterocycles. The minimum absolute atomic E-state index is 0.0133. The molecule has 0 aromatic carbocycles. The van der Waals surface area contributed by atoms with E-state index in [1.54, 1.807) is 11.8 Å². The van der Waals surface area contributed by atoms with Crippen LogP contribution in [-0.4, -0.2) is 90.6 Å². The van der Waals surface area contributed by atoms with Gasteiger partial charge in [0.25, 0.3) is 0 Å². The molecule has 1 atom stereocenters. The average molecular weight is 381 g/mol. The maximum Gasteiger partial charge on any atom is 0.410 e. The highest BCUT2D eigenvalue weighted by atomic mass is 16.6. The summed E-state index contributed by atoms with van der Waals surface area (Å²) in [5, 5.41) is 0. The number of carbonyl (C=O) groups excluding carboxylic acids is 4. The van der Waals surface area contributed by atoms with E-state index < -0.39 is 18.1 Å². The van der Waals surface area contributed by atoms with Gasteiger partial charge in [-0.25, -0.2) is 9.59 Å². The molecule has 3 aliphatic heterocycles. The lowest BCUT2D eigenvalue weighted by atomic mass is 9.93. The quantitative estimate of drug-likeness (QED) is 0.650. The van der Waals surface area contributed by atoms with Gasteiger partial charge in [-0.2, -0.15) is 0 Å². The minimum Gasteiger partial charge on any atom is -0.467 e. The summed E-state index contributed by atoms with van der Waals surface area (Å²) in [5.74, 6) is -0.335. The SMILES string of the molecule is COC(=O)C1COC(=O)N1C1CCN(C(=O)C2CCN(C(C)=O)CC2)CC1. The van der Waals surface area contributed by atoms with Crippen LogP contribution in [0.3, 0.4) is 0 Å². The fourth-order valence-electron chi connectivity index (χ4n) is 4.22. The summed E-state index contributed by atoms with van der Waals surface area (Å²) in [4.78, 5) is 53.2. The molecule has 3 saturated heterocycles. The first-order chi connectivity index (χ1) is 12.9. The Balaban J connectivity index is 1.53. The molecule has 0 aromatic rings. The van der Waals surface area contributed by atoms with Crippen molar-refractivity contribution < 1.29 is 28.7 Å². The first-order valence-electron chi connectivity index (χ1n) is 9.49. The normalized spacial score (nSPS) is 24.7. The molecule has 3 rings (SSSR count). The molecule has 0 bridgehead atoms. The molecule has 3 amide bonds. The zero-order valence-corrected chi connectivity index (χ0v) is 15.9. The molecule has 3 aliphatic rings. The number of hydrogen-bond acceptors (Lipinski definition) is 6. The third kappa shape index (κ3) is 4.01. The summed E-state index contributed by atoms with van der Waals surface area (Å²) in [5.41, 5.74) is 0. The van der Waals surface area contributed by atoms with Crippen molar-refractivity contribution in [3.8, 4) is 0 Å². The van der Waals surface area contributed by atoms with Gasteiger partial charge < -0.3 is 19.3 Å². The van der Waals surface area contributed by atoms with Gasteiger partial charge in [-0.15, -0.1) is 0 Å². The van der Waals surface area contributed by atoms with E-state index in [4.69, 9.17) is 9.47 Å². The summed E-state index contributed by atoms with van der Waals surface area (Å²) in [6.45, 7) is 3.92. The van der Waals surface area contributed by atoms with Crippen LogP contribution in [0.1, 0.15) is 32.6 Å². The average Bonchev–Trinajstić information content (AvgIpc) is 3.08. The van der Waals surface area contributed by atoms with Gasteiger partial charge in [0.1, 0.15) is 6.61 Å². The van der Waals surface area contributed by atoms with Crippen molar-refractivity contribution in [1.29, 1.82) is 0 Å². The van der Waals surface area contributed by atoms with E-state index in [9.17, 15) is 19.2 Å². The van der Waals surface area contributed by atoms with Crippen LogP contribution < -0.4 is 0 Å². The number of nitrogens with zero attached hydrogens (tertiary/aromatic N) is 3. The van der Waals surface area contributed by atoms with Gasteiger partial charge in [-0.1, -0.05) is 0 Å². The molecule has 3 heterocycles. The Morgan fingerprint density at radius 3 is 2.15 bits per heavy atom. The second-order valence-electron chi connectivity index (χ2n) is 7.36. The van der Waals surface area contributed by atoms with Gasteiger partial charge in [0, 0.05) is 45.1 Å². The summed E-state index contributed by atoms with van der Waals surface area (Å²) >= 11 is 0. The molecule has 0 N–H and O–H groups in total. The lowest BCUT2D eigenvalue weighted by molar-refractivity contribution is -0.147. The van der Waals surface area contributed by atoms with E-state index in [2.05, 4.69) is 0 Å². The van der Waals surface area contributed by atoms with Crippen LogP contribution in [0.4, 0.5) is 4.79 Å². The third-order valence-electron chi connectivity index (χ3n) is 5.84. The number of esters is 1. The molecule has 9 nitrogen and oxygen atoms in total. The molecule has 9 heteroatoms. The van der Waals surface area contributed by atoms with Crippen molar-refractivity contribution in [3.05, 3.63) is 0 Å². The first-order valence-corrected chi connectivity index (χ1v) is 9.49. The number of hydrogen-bond donors (Lipinski definition) is 0. The standard InChI is InChI=1S/C18H27N3O6/c1-12(22)19-7-3-13(4-8-19)16(23)20-9-5-14(6-10-20)21-15(17(24)26-2)11-27-18(21)25/h13-15H,3-11H2,1-2H3. The molecule has 0 radical (unpaired) electrons. The molecular formula is C18H27N3O6. The topological polar surface area (TPSA) is 96.5 Å². The van der Waals surface area contributed by atoms with E-state index in [-0.39, 0.29) is 30.4 Å². The van der Waals surface area contributed by atoms with Crippen molar-refractivity contribution in [2.24, 2.45) is 5.92 Å². The van der Waals surface area contributed by atoms with Crippen LogP contribution in [0.2, 0.25) is 0 Å². The Morgan fingerprint density at radius 1 is 1.00 bits per heavy atom. The van der Waals surface area contributed by atoms with E-state index >= 15 is 0 Å². The van der Waals surface area contributed by atoms with Crippen LogP contribution in [0.25, 0.3) is 0 Å². The Kier molecular flexibility index (Phi) is 5.86. The first kappa shape index (κ1) is 19.4. The molecule has 3 fully saturated rings. The van der Waals surface area contributed by atoms with E-state index in [1.165, 1.54) is 12.0 Å². The van der Waals surface area contributed by atoms with E-state index in [1.807, 2.05) is 4.90 Å². The molecule has 0 saturated carbocycles. The maximum absolute atomic E-state index is 12.8. The number of amides is 3. The lowest BCUT2D eigenvalue weighted by Crippen LogP contribution is -2.53. The number of cyclic esters (lactones) is 1. The second kappa shape index (κ2) is 8.14. The number of carbonyl (C=O) groups is 4. The van der Waals surface area contributed by atoms with Gasteiger partial charge in [-0.3, -0.25) is 14.5 Å². The Hall–Kier alpha value is -2.32. The molecule has 0 aliphatic carbocycles. The Bertz CT molecular complexity index is 608. The van der Waals surface area contributed by atoms with Gasteiger partial charge in [0.15, 0.2) is 6.04 Å². The molecule has 27 heavy (non-hydrogen) atoms. The van der Waals surface area contributed by atoms with Crippen molar-refractivity contribution in [2.45, 2.75) is 44.7 Å². The smallest absolute Gasteiger partial charge is 0.410 e. The monoisotopic (exact) mass is 381 g/mol. The summed E-state index contributed by atoms with van der Waals surface area (Å²) in [7, 11) is 1.29. The zero-order chi connectivity index (χ0) is 19.6. The minimum atomic E-state index is -0.703. The van der Waals surface area contributed by atoms with Crippen LogP contribution in [0.15, 0.2) is 0 Å². The fraction of sp³-hybridized carbons (Fsp3) is 0.778. The third-order valence-corrected chi connectivity index (χ3v) is 5.84. The predicted molar refractivity (Wildman–Crippen MR) is 93.6 cm³/mol. The van der Waals surface area contributed by atoms with Gasteiger partial charge in [0.05, 0.1) is 7.11 Å². The number of ether oxygens (including phenoxy) is 2. The van der Waals surface area contributed by atoms with Gasteiger partial charge in [-0.05, 0) is 25.7 Å². The predicted octanol–water partition coefficient (Wildman–Crippen LogP) is 0.230. The molecule has 0 spiro atoms. The van der Waals surface area contributed by atoms with Crippen LogP contribution in [0, 0.1) is 5.92 Å². The Morgan fingerprint density at radius 2 is 1.59 bits per heavy atom. The van der Waals surface area contributed by atoms with Crippen LogP contribution in [0.5, 0.6) is 0 Å². The van der Waals surface area contributed by atoms with Gasteiger partial charge in [0.2, 0.25) is 11.8 Å². The van der Waals surface area contributed by atoms with Gasteiger partial charge >= 0.3 is 12.1 Å². The van der Waals surface area contributed by atoms with Crippen LogP contribution in [-0.2, 0) is 23.9 Å². The summed E-state index contributed by atoms with van der Waals surface area (Å²) < 4.78 is 9.79. The highest BCUT2D eigenvalue weighted by Gasteiger charge is 2.44. The maximum atomic E-state index is 12.8. The van der Waals surface area contributed by atoms with Crippen molar-refractivity contribution in [1.82, 2.24) is 14.7 Å². The zero-order valence-electron chi connectivity index (χ0n) is 15.9. The summed E-state index contributed by atoms with van der Waals surface area (Å²) in [6.07, 6.45) is 2.12. The van der Waals surface area contributed by atoms with Crippen LogP contribution >= 0.6 is 0 Å². The largest absolute Gasteiger partial charge is 0.467 e. The Labute approximate surface area is 158 Å². The molecular weight excluding hydrogens is 354 g/mol. The summed E-state index contributed by atoms with van der Waals surface area (Å²) in [6, 6.07) is -0.835. The lowest BCUT2D eigenvalue weighted by Gasteiger charge is -2.39. The number of likely N-dealkylation sites (tertiary alicyclic amines) is 2. The molecule has 1 unspecified atom stereocenters. The second-order valence-corrected chi connectivity index (χ2v) is 7.36. The van der Waals surface area contributed by atoms with Crippen molar-refractivity contribution >= 4 is 23.9 Å². The fourth-order valence-corrected chi connectivity index (χ4v) is 4.22. The number of rotatable bonds is 3. The highest BCUT2D eigenvalue weighted by molar-refractivity contribution is 5.84. The van der Waals surface area contributed by atoms with E-state index in [0.29, 0.717) is 51.9 Å².